The molecule has 0 saturated heterocycles. The molecule has 0 fully saturated rings. The van der Waals surface area contributed by atoms with Crippen molar-refractivity contribution in [1.82, 2.24) is 15.3 Å². The molecule has 0 spiro atoms. The first-order valence-electron chi connectivity index (χ1n) is 8.10. The van der Waals surface area contributed by atoms with Gasteiger partial charge in [0.1, 0.15) is 22.0 Å². The highest BCUT2D eigenvalue weighted by Crippen LogP contribution is 2.39. The summed E-state index contributed by atoms with van der Waals surface area (Å²) in [4.78, 5) is 23.3. The third-order valence-corrected chi connectivity index (χ3v) is 6.43. The van der Waals surface area contributed by atoms with Gasteiger partial charge in [-0.05, 0) is 30.9 Å². The summed E-state index contributed by atoms with van der Waals surface area (Å²) in [6.07, 6.45) is 4.92. The van der Waals surface area contributed by atoms with Crippen LogP contribution in [-0.2, 0) is 24.2 Å². The first kappa shape index (κ1) is 16.5. The summed E-state index contributed by atoms with van der Waals surface area (Å²) in [5, 5.41) is 4.75. The van der Waals surface area contributed by atoms with Crippen molar-refractivity contribution < 1.29 is 9.18 Å². The topological polar surface area (TPSA) is 54.9 Å². The lowest BCUT2D eigenvalue weighted by atomic mass is 10.2. The van der Waals surface area contributed by atoms with Crippen LogP contribution in [0.1, 0.15) is 22.4 Å². The molecule has 1 N–H and O–H groups in total. The van der Waals surface area contributed by atoms with Crippen molar-refractivity contribution in [2.24, 2.45) is 0 Å². The Morgan fingerprint density at radius 1 is 1.28 bits per heavy atom. The lowest BCUT2D eigenvalue weighted by Crippen LogP contribution is -2.25. The standard InChI is InChI=1S/C18H16FN3OS2/c19-13-6-2-1-4-11(13)8-20-15(23)9-24-17-16-12-5-3-7-14(12)25-18(16)22-10-21-17/h1-2,4,6,10H,3,5,7-9H2,(H,20,23). The summed E-state index contributed by atoms with van der Waals surface area (Å²) in [6.45, 7) is 0.194. The van der Waals surface area contributed by atoms with Gasteiger partial charge >= 0.3 is 0 Å². The number of thioether (sulfide) groups is 1. The Morgan fingerprint density at radius 3 is 3.04 bits per heavy atom. The number of nitrogens with one attached hydrogen (secondary N) is 1. The van der Waals surface area contributed by atoms with Crippen LogP contribution in [-0.4, -0.2) is 21.6 Å². The minimum Gasteiger partial charge on any atom is -0.351 e. The second kappa shape index (κ2) is 7.09. The van der Waals surface area contributed by atoms with Crippen LogP contribution in [0, 0.1) is 5.82 Å². The van der Waals surface area contributed by atoms with Crippen LogP contribution in [0.4, 0.5) is 4.39 Å². The molecule has 7 heteroatoms. The van der Waals surface area contributed by atoms with E-state index in [9.17, 15) is 9.18 Å². The summed E-state index contributed by atoms with van der Waals surface area (Å²) in [5.74, 6) is -0.181. The van der Waals surface area contributed by atoms with E-state index in [-0.39, 0.29) is 24.0 Å². The Morgan fingerprint density at radius 2 is 2.16 bits per heavy atom. The molecule has 4 rings (SSSR count). The quantitative estimate of drug-likeness (QED) is 0.547. The number of aromatic nitrogens is 2. The molecule has 4 nitrogen and oxygen atoms in total. The summed E-state index contributed by atoms with van der Waals surface area (Å²) in [7, 11) is 0. The highest BCUT2D eigenvalue weighted by Gasteiger charge is 2.21. The predicted octanol–water partition coefficient (Wildman–Crippen LogP) is 3.73. The van der Waals surface area contributed by atoms with E-state index in [2.05, 4.69) is 15.3 Å². The van der Waals surface area contributed by atoms with Gasteiger partial charge in [-0.25, -0.2) is 14.4 Å². The van der Waals surface area contributed by atoms with E-state index in [1.807, 2.05) is 0 Å². The van der Waals surface area contributed by atoms with Gasteiger partial charge in [-0.3, -0.25) is 4.79 Å². The average molecular weight is 373 g/mol. The van der Waals surface area contributed by atoms with Gasteiger partial charge in [0.15, 0.2) is 0 Å². The number of hydrogen-bond acceptors (Lipinski definition) is 5. The van der Waals surface area contributed by atoms with Crippen molar-refractivity contribution in [1.29, 1.82) is 0 Å². The van der Waals surface area contributed by atoms with Crippen LogP contribution in [0.15, 0.2) is 35.6 Å². The lowest BCUT2D eigenvalue weighted by molar-refractivity contribution is -0.118. The molecule has 1 aromatic carbocycles. The molecule has 2 heterocycles. The van der Waals surface area contributed by atoms with Crippen molar-refractivity contribution in [2.75, 3.05) is 5.75 Å². The number of nitrogens with zero attached hydrogens (tertiary/aromatic N) is 2. The fourth-order valence-electron chi connectivity index (χ4n) is 3.03. The number of carbonyl (C=O) groups excluding carboxylic acids is 1. The van der Waals surface area contributed by atoms with Crippen molar-refractivity contribution in [3.8, 4) is 0 Å². The molecule has 1 amide bonds. The van der Waals surface area contributed by atoms with Crippen LogP contribution in [0.3, 0.4) is 0 Å². The molecule has 1 aliphatic rings. The van der Waals surface area contributed by atoms with E-state index in [0.29, 0.717) is 5.56 Å². The van der Waals surface area contributed by atoms with E-state index in [0.717, 1.165) is 28.1 Å². The van der Waals surface area contributed by atoms with Crippen LogP contribution in [0.2, 0.25) is 0 Å². The lowest BCUT2D eigenvalue weighted by Gasteiger charge is -2.07. The molecule has 0 radical (unpaired) electrons. The molecule has 25 heavy (non-hydrogen) atoms. The predicted molar refractivity (Wildman–Crippen MR) is 98.4 cm³/mol. The maximum atomic E-state index is 13.6. The molecule has 3 aromatic rings. The smallest absolute Gasteiger partial charge is 0.230 e. The molecule has 0 unspecified atom stereocenters. The summed E-state index contributed by atoms with van der Waals surface area (Å²) < 4.78 is 13.6. The Balaban J connectivity index is 1.42. The van der Waals surface area contributed by atoms with Crippen molar-refractivity contribution >= 4 is 39.2 Å². The SMILES string of the molecule is O=C(CSc1ncnc2sc3c(c12)CCC3)NCc1ccccc1F. The number of amides is 1. The van der Waals surface area contributed by atoms with Gasteiger partial charge in [0.25, 0.3) is 0 Å². The van der Waals surface area contributed by atoms with Crippen LogP contribution in [0.25, 0.3) is 10.2 Å². The van der Waals surface area contributed by atoms with E-state index >= 15 is 0 Å². The molecule has 0 atom stereocenters. The van der Waals surface area contributed by atoms with Crippen LogP contribution < -0.4 is 5.32 Å². The molecule has 128 valence electrons. The number of rotatable bonds is 5. The summed E-state index contributed by atoms with van der Waals surface area (Å²) in [5.41, 5.74) is 1.84. The molecule has 0 saturated carbocycles. The Hall–Kier alpha value is -1.99. The number of fused-ring (bicyclic) bond motifs is 3. The van der Waals surface area contributed by atoms with Gasteiger partial charge in [-0.2, -0.15) is 0 Å². The van der Waals surface area contributed by atoms with E-state index in [1.165, 1.54) is 34.7 Å². The fraction of sp³-hybridized carbons (Fsp3) is 0.278. The van der Waals surface area contributed by atoms with Gasteiger partial charge in [-0.1, -0.05) is 30.0 Å². The maximum absolute atomic E-state index is 13.6. The molecule has 1 aliphatic carbocycles. The van der Waals surface area contributed by atoms with Gasteiger partial charge in [0.05, 0.1) is 5.75 Å². The Kier molecular flexibility index (Phi) is 4.67. The number of thiophene rings is 1. The first-order chi connectivity index (χ1) is 12.2. The monoisotopic (exact) mass is 373 g/mol. The Bertz CT molecular complexity index is 941. The van der Waals surface area contributed by atoms with Crippen molar-refractivity contribution in [3.63, 3.8) is 0 Å². The van der Waals surface area contributed by atoms with Crippen molar-refractivity contribution in [3.05, 3.63) is 52.4 Å². The number of hydrogen-bond donors (Lipinski definition) is 1. The van der Waals surface area contributed by atoms with Crippen LogP contribution >= 0.6 is 23.1 Å². The van der Waals surface area contributed by atoms with E-state index < -0.39 is 0 Å². The largest absolute Gasteiger partial charge is 0.351 e. The van der Waals surface area contributed by atoms with Gasteiger partial charge in [0.2, 0.25) is 5.91 Å². The molecular weight excluding hydrogens is 357 g/mol. The summed E-state index contributed by atoms with van der Waals surface area (Å²) in [6, 6.07) is 6.46. The third-order valence-electron chi connectivity index (χ3n) is 4.24. The number of carbonyl (C=O) groups is 1. The maximum Gasteiger partial charge on any atom is 0.230 e. The molecule has 0 bridgehead atoms. The second-order valence-corrected chi connectivity index (χ2v) is 7.92. The highest BCUT2D eigenvalue weighted by atomic mass is 32.2. The number of aryl methyl sites for hydroxylation is 2. The van der Waals surface area contributed by atoms with E-state index in [4.69, 9.17) is 0 Å². The van der Waals surface area contributed by atoms with Gasteiger partial charge in [-0.15, -0.1) is 11.3 Å². The second-order valence-electron chi connectivity index (χ2n) is 5.87. The first-order valence-corrected chi connectivity index (χ1v) is 9.90. The zero-order valence-corrected chi connectivity index (χ0v) is 15.1. The number of halogens is 1. The highest BCUT2D eigenvalue weighted by molar-refractivity contribution is 8.00. The third kappa shape index (κ3) is 3.39. The van der Waals surface area contributed by atoms with Gasteiger partial charge < -0.3 is 5.32 Å². The number of benzene rings is 1. The van der Waals surface area contributed by atoms with Gasteiger partial charge in [0, 0.05) is 22.4 Å². The molecule has 0 aliphatic heterocycles. The molecular formula is C18H16FN3OS2. The summed E-state index contributed by atoms with van der Waals surface area (Å²) >= 11 is 3.16. The van der Waals surface area contributed by atoms with E-state index in [1.54, 1.807) is 35.9 Å². The zero-order valence-electron chi connectivity index (χ0n) is 13.4. The van der Waals surface area contributed by atoms with Crippen molar-refractivity contribution in [2.45, 2.75) is 30.8 Å². The average Bonchev–Trinajstić information content (AvgIpc) is 3.20. The zero-order chi connectivity index (χ0) is 17.2. The Labute approximate surface area is 152 Å². The minimum atomic E-state index is -0.304. The normalized spacial score (nSPS) is 13.2. The minimum absolute atomic E-state index is 0.133. The van der Waals surface area contributed by atoms with Crippen LogP contribution in [0.5, 0.6) is 0 Å². The molecule has 2 aromatic heterocycles. The fourth-order valence-corrected chi connectivity index (χ4v) is 5.18.